The van der Waals surface area contributed by atoms with Crippen molar-refractivity contribution in [2.75, 3.05) is 6.54 Å². The lowest BCUT2D eigenvalue weighted by Crippen LogP contribution is -2.25. The van der Waals surface area contributed by atoms with E-state index in [-0.39, 0.29) is 0 Å². The van der Waals surface area contributed by atoms with E-state index in [1.54, 1.807) is 0 Å². The maximum Gasteiger partial charge on any atom is 0.0703 e. The van der Waals surface area contributed by atoms with E-state index in [4.69, 9.17) is 16.7 Å². The van der Waals surface area contributed by atoms with E-state index in [0.29, 0.717) is 0 Å². The number of aromatic nitrogens is 2. The maximum atomic E-state index is 5.95. The molecule has 4 heteroatoms. The first kappa shape index (κ1) is 12.4. The van der Waals surface area contributed by atoms with Crippen LogP contribution in [-0.4, -0.2) is 16.3 Å². The van der Waals surface area contributed by atoms with Crippen molar-refractivity contribution in [1.82, 2.24) is 15.1 Å². The molecule has 1 fully saturated rings. The van der Waals surface area contributed by atoms with Gasteiger partial charge in [0.2, 0.25) is 0 Å². The third-order valence-corrected chi connectivity index (χ3v) is 4.50. The second-order valence-corrected chi connectivity index (χ2v) is 6.23. The zero-order valence-corrected chi connectivity index (χ0v) is 12.2. The van der Waals surface area contributed by atoms with Crippen molar-refractivity contribution >= 4 is 11.6 Å². The summed E-state index contributed by atoms with van der Waals surface area (Å²) in [6, 6.07) is 8.09. The highest BCUT2D eigenvalue weighted by molar-refractivity contribution is 6.30. The molecule has 0 amide bonds. The van der Waals surface area contributed by atoms with Gasteiger partial charge in [-0.05, 0) is 30.5 Å². The third-order valence-electron chi connectivity index (χ3n) is 4.25. The molecule has 0 atom stereocenters. The molecule has 20 heavy (non-hydrogen) atoms. The van der Waals surface area contributed by atoms with Gasteiger partial charge in [-0.2, -0.15) is 5.10 Å². The number of rotatable bonds is 3. The highest BCUT2D eigenvalue weighted by Gasteiger charge is 2.32. The van der Waals surface area contributed by atoms with Crippen LogP contribution in [0.1, 0.15) is 41.3 Å². The molecule has 1 aliphatic heterocycles. The van der Waals surface area contributed by atoms with Crippen LogP contribution in [-0.2, 0) is 19.5 Å². The number of hydrogen-bond acceptors (Lipinski definition) is 2. The minimum atomic E-state index is 0.718. The molecular formula is C16H18ClN3. The first-order chi connectivity index (χ1) is 9.81. The summed E-state index contributed by atoms with van der Waals surface area (Å²) in [6.45, 7) is 2.90. The van der Waals surface area contributed by atoms with E-state index >= 15 is 0 Å². The number of halogens is 1. The van der Waals surface area contributed by atoms with Gasteiger partial charge in [-0.25, -0.2) is 0 Å². The molecule has 1 aromatic heterocycles. The van der Waals surface area contributed by atoms with E-state index in [1.165, 1.54) is 35.4 Å². The molecule has 0 saturated heterocycles. The van der Waals surface area contributed by atoms with Crippen LogP contribution in [0.4, 0.5) is 0 Å². The van der Waals surface area contributed by atoms with Gasteiger partial charge in [0.15, 0.2) is 0 Å². The molecule has 0 bridgehead atoms. The summed E-state index contributed by atoms with van der Waals surface area (Å²) >= 11 is 5.95. The first-order valence-electron chi connectivity index (χ1n) is 7.35. The zero-order valence-electron chi connectivity index (χ0n) is 11.4. The molecular weight excluding hydrogens is 270 g/mol. The van der Waals surface area contributed by atoms with Crippen molar-refractivity contribution in [3.63, 3.8) is 0 Å². The highest BCUT2D eigenvalue weighted by Crippen LogP contribution is 2.42. The van der Waals surface area contributed by atoms with Gasteiger partial charge >= 0.3 is 0 Å². The van der Waals surface area contributed by atoms with Crippen molar-refractivity contribution in [3.8, 4) is 0 Å². The van der Waals surface area contributed by atoms with Crippen molar-refractivity contribution in [1.29, 1.82) is 0 Å². The Kier molecular flexibility index (Phi) is 3.04. The predicted octanol–water partition coefficient (Wildman–Crippen LogP) is 3.11. The molecule has 0 spiro atoms. The fourth-order valence-electron chi connectivity index (χ4n) is 3.03. The summed E-state index contributed by atoms with van der Waals surface area (Å²) in [5, 5.41) is 9.18. The van der Waals surface area contributed by atoms with Crippen LogP contribution in [0, 0.1) is 0 Å². The Bertz CT molecular complexity index is 626. The van der Waals surface area contributed by atoms with E-state index in [2.05, 4.69) is 22.1 Å². The summed E-state index contributed by atoms with van der Waals surface area (Å²) in [5.74, 6) is 0.718. The quantitative estimate of drug-likeness (QED) is 0.940. The van der Waals surface area contributed by atoms with Crippen LogP contribution in [0.5, 0.6) is 0 Å². The molecule has 104 valence electrons. The summed E-state index contributed by atoms with van der Waals surface area (Å²) in [6.07, 6.45) is 3.71. The highest BCUT2D eigenvalue weighted by atomic mass is 35.5. The SMILES string of the molecule is Clc1ccc(Cn2nc(C3CC3)c3c2CCNC3)cc1. The molecule has 0 unspecified atom stereocenters. The lowest BCUT2D eigenvalue weighted by molar-refractivity contribution is 0.582. The molecule has 0 radical (unpaired) electrons. The van der Waals surface area contributed by atoms with E-state index < -0.39 is 0 Å². The molecule has 2 aromatic rings. The standard InChI is InChI=1S/C16H18ClN3/c17-13-5-1-11(2-6-13)10-20-15-7-8-18-9-14(15)16(19-20)12-3-4-12/h1-2,5-6,12,18H,3-4,7-10H2. The van der Waals surface area contributed by atoms with Gasteiger partial charge in [0.05, 0.1) is 12.2 Å². The molecule has 1 saturated carbocycles. The van der Waals surface area contributed by atoms with Gasteiger partial charge in [0, 0.05) is 41.7 Å². The van der Waals surface area contributed by atoms with Gasteiger partial charge in [-0.3, -0.25) is 4.68 Å². The fraction of sp³-hybridized carbons (Fsp3) is 0.438. The van der Waals surface area contributed by atoms with E-state index in [0.717, 1.165) is 37.0 Å². The van der Waals surface area contributed by atoms with Crippen molar-refractivity contribution in [2.24, 2.45) is 0 Å². The molecule has 2 aliphatic rings. The monoisotopic (exact) mass is 287 g/mol. The van der Waals surface area contributed by atoms with Crippen LogP contribution in [0.2, 0.25) is 5.02 Å². The summed E-state index contributed by atoms with van der Waals surface area (Å²) < 4.78 is 2.22. The Morgan fingerprint density at radius 2 is 2.05 bits per heavy atom. The van der Waals surface area contributed by atoms with Gasteiger partial charge in [0.25, 0.3) is 0 Å². The summed E-state index contributed by atoms with van der Waals surface area (Å²) in [4.78, 5) is 0. The topological polar surface area (TPSA) is 29.9 Å². The third kappa shape index (κ3) is 2.25. The maximum absolute atomic E-state index is 5.95. The Hall–Kier alpha value is -1.32. The lowest BCUT2D eigenvalue weighted by Gasteiger charge is -2.15. The second-order valence-electron chi connectivity index (χ2n) is 5.80. The van der Waals surface area contributed by atoms with Crippen LogP contribution in [0.3, 0.4) is 0 Å². The second kappa shape index (κ2) is 4.90. The minimum Gasteiger partial charge on any atom is -0.312 e. The number of fused-ring (bicyclic) bond motifs is 1. The Morgan fingerprint density at radius 3 is 2.80 bits per heavy atom. The van der Waals surface area contributed by atoms with Crippen LogP contribution in [0.15, 0.2) is 24.3 Å². The molecule has 4 rings (SSSR count). The van der Waals surface area contributed by atoms with Gasteiger partial charge in [-0.1, -0.05) is 23.7 Å². The smallest absolute Gasteiger partial charge is 0.0703 e. The largest absolute Gasteiger partial charge is 0.312 e. The van der Waals surface area contributed by atoms with E-state index in [1.807, 2.05) is 12.1 Å². The van der Waals surface area contributed by atoms with Crippen LogP contribution >= 0.6 is 11.6 Å². The van der Waals surface area contributed by atoms with Gasteiger partial charge < -0.3 is 5.32 Å². The fourth-order valence-corrected chi connectivity index (χ4v) is 3.15. The summed E-state index contributed by atoms with van der Waals surface area (Å²) in [7, 11) is 0. The predicted molar refractivity (Wildman–Crippen MR) is 80.2 cm³/mol. The van der Waals surface area contributed by atoms with Crippen LogP contribution < -0.4 is 5.32 Å². The number of benzene rings is 1. The Labute approximate surface area is 123 Å². The van der Waals surface area contributed by atoms with Crippen LogP contribution in [0.25, 0.3) is 0 Å². The first-order valence-corrected chi connectivity index (χ1v) is 7.72. The average Bonchev–Trinajstić information content (AvgIpc) is 3.25. The van der Waals surface area contributed by atoms with Gasteiger partial charge in [-0.15, -0.1) is 0 Å². The molecule has 1 aromatic carbocycles. The molecule has 2 heterocycles. The summed E-state index contributed by atoms with van der Waals surface area (Å²) in [5.41, 5.74) is 5.51. The molecule has 3 nitrogen and oxygen atoms in total. The van der Waals surface area contributed by atoms with Crippen molar-refractivity contribution in [3.05, 3.63) is 51.8 Å². The lowest BCUT2D eigenvalue weighted by atomic mass is 10.0. The Balaban J connectivity index is 1.68. The van der Waals surface area contributed by atoms with Gasteiger partial charge in [0.1, 0.15) is 0 Å². The zero-order chi connectivity index (χ0) is 13.5. The Morgan fingerprint density at radius 1 is 1.25 bits per heavy atom. The minimum absolute atomic E-state index is 0.718. The van der Waals surface area contributed by atoms with Crippen molar-refractivity contribution < 1.29 is 0 Å². The normalized spacial score (nSPS) is 18.1. The molecule has 1 N–H and O–H groups in total. The van der Waals surface area contributed by atoms with Crippen molar-refractivity contribution in [2.45, 2.75) is 38.3 Å². The number of hydrogen-bond donors (Lipinski definition) is 1. The number of nitrogens with zero attached hydrogens (tertiary/aromatic N) is 2. The average molecular weight is 288 g/mol. The molecule has 1 aliphatic carbocycles. The van der Waals surface area contributed by atoms with E-state index in [9.17, 15) is 0 Å². The number of nitrogens with one attached hydrogen (secondary N) is 1.